The van der Waals surface area contributed by atoms with Gasteiger partial charge in [0.05, 0.1) is 7.11 Å². The highest BCUT2D eigenvalue weighted by Crippen LogP contribution is 2.31. The first-order valence-corrected chi connectivity index (χ1v) is 6.27. The number of piperidine rings is 1. The number of fused-ring (bicyclic) bond motifs is 1. The summed E-state index contributed by atoms with van der Waals surface area (Å²) in [6.07, 6.45) is 5.97. The lowest BCUT2D eigenvalue weighted by Crippen LogP contribution is -2.26. The number of nitrogens with one attached hydrogen (secondary N) is 2. The standard InChI is InChI=1S/C14H18N2O/c1-17-10-5-6-14-11(8-10)12(9-16-14)13-4-2-3-7-15-13/h5-6,8-9,13,15-16H,2-4,7H2,1H3/t13-/m0/s1. The highest BCUT2D eigenvalue weighted by molar-refractivity contribution is 5.85. The maximum Gasteiger partial charge on any atom is 0.119 e. The van der Waals surface area contributed by atoms with Crippen LogP contribution in [0.4, 0.5) is 0 Å². The number of hydrogen-bond donors (Lipinski definition) is 2. The summed E-state index contributed by atoms with van der Waals surface area (Å²) in [6.45, 7) is 1.13. The van der Waals surface area contributed by atoms with Gasteiger partial charge in [-0.05, 0) is 43.1 Å². The number of aromatic nitrogens is 1. The van der Waals surface area contributed by atoms with Gasteiger partial charge < -0.3 is 15.0 Å². The third-order valence-electron chi connectivity index (χ3n) is 3.61. The van der Waals surface area contributed by atoms with E-state index in [2.05, 4.69) is 28.6 Å². The molecule has 3 rings (SSSR count). The second kappa shape index (κ2) is 4.41. The normalized spacial score (nSPS) is 20.6. The van der Waals surface area contributed by atoms with E-state index in [1.807, 2.05) is 6.07 Å². The minimum atomic E-state index is 0.490. The first-order chi connectivity index (χ1) is 8.38. The van der Waals surface area contributed by atoms with Gasteiger partial charge in [0.25, 0.3) is 0 Å². The SMILES string of the molecule is COc1ccc2[nH]cc([C@@H]3CCCCN3)c2c1. The van der Waals surface area contributed by atoms with Crippen LogP contribution in [0.3, 0.4) is 0 Å². The molecule has 3 nitrogen and oxygen atoms in total. The Hall–Kier alpha value is -1.48. The van der Waals surface area contributed by atoms with Crippen molar-refractivity contribution in [3.8, 4) is 5.75 Å². The molecule has 0 amide bonds. The third-order valence-corrected chi connectivity index (χ3v) is 3.61. The molecule has 0 unspecified atom stereocenters. The Kier molecular flexibility index (Phi) is 2.77. The van der Waals surface area contributed by atoms with Gasteiger partial charge in [-0.1, -0.05) is 6.42 Å². The number of H-pyrrole nitrogens is 1. The predicted octanol–water partition coefficient (Wildman–Crippen LogP) is 2.99. The van der Waals surface area contributed by atoms with Crippen LogP contribution in [0.5, 0.6) is 5.75 Å². The fraction of sp³-hybridized carbons (Fsp3) is 0.429. The van der Waals surface area contributed by atoms with Crippen molar-refractivity contribution in [1.29, 1.82) is 0 Å². The predicted molar refractivity (Wildman–Crippen MR) is 69.4 cm³/mol. The molecule has 1 aliphatic heterocycles. The molecule has 2 heterocycles. The Balaban J connectivity index is 2.02. The molecule has 3 heteroatoms. The molecule has 1 fully saturated rings. The topological polar surface area (TPSA) is 37.0 Å². The second-order valence-electron chi connectivity index (χ2n) is 4.66. The summed E-state index contributed by atoms with van der Waals surface area (Å²) in [5.74, 6) is 0.925. The van der Waals surface area contributed by atoms with Crippen molar-refractivity contribution in [3.63, 3.8) is 0 Å². The number of ether oxygens (including phenoxy) is 1. The van der Waals surface area contributed by atoms with E-state index < -0.39 is 0 Å². The number of rotatable bonds is 2. The Labute approximate surface area is 101 Å². The Morgan fingerprint density at radius 1 is 1.29 bits per heavy atom. The molecule has 1 atom stereocenters. The quantitative estimate of drug-likeness (QED) is 0.832. The van der Waals surface area contributed by atoms with Crippen molar-refractivity contribution >= 4 is 10.9 Å². The maximum absolute atomic E-state index is 5.30. The zero-order chi connectivity index (χ0) is 11.7. The van der Waals surface area contributed by atoms with Crippen molar-refractivity contribution < 1.29 is 4.74 Å². The number of benzene rings is 1. The van der Waals surface area contributed by atoms with Crippen LogP contribution < -0.4 is 10.1 Å². The van der Waals surface area contributed by atoms with Crippen LogP contribution in [0.2, 0.25) is 0 Å². The molecule has 1 saturated heterocycles. The molecule has 90 valence electrons. The van der Waals surface area contributed by atoms with Crippen molar-refractivity contribution in [3.05, 3.63) is 30.0 Å². The van der Waals surface area contributed by atoms with E-state index in [9.17, 15) is 0 Å². The van der Waals surface area contributed by atoms with Gasteiger partial charge in [0.1, 0.15) is 5.75 Å². The molecular formula is C14H18N2O. The smallest absolute Gasteiger partial charge is 0.119 e. The third kappa shape index (κ3) is 1.91. The molecular weight excluding hydrogens is 212 g/mol. The van der Waals surface area contributed by atoms with Crippen molar-refractivity contribution in [1.82, 2.24) is 10.3 Å². The van der Waals surface area contributed by atoms with Crippen LogP contribution in [0.15, 0.2) is 24.4 Å². The zero-order valence-electron chi connectivity index (χ0n) is 10.1. The lowest BCUT2D eigenvalue weighted by Gasteiger charge is -2.23. The van der Waals surface area contributed by atoms with Crippen LogP contribution >= 0.6 is 0 Å². The summed E-state index contributed by atoms with van der Waals surface area (Å²) in [5, 5.41) is 4.87. The van der Waals surface area contributed by atoms with Gasteiger partial charge in [0.15, 0.2) is 0 Å². The molecule has 1 aliphatic rings. The van der Waals surface area contributed by atoms with Crippen LogP contribution in [0, 0.1) is 0 Å². The summed E-state index contributed by atoms with van der Waals surface area (Å²) in [6, 6.07) is 6.69. The van der Waals surface area contributed by atoms with Gasteiger partial charge >= 0.3 is 0 Å². The first kappa shape index (κ1) is 10.7. The van der Waals surface area contributed by atoms with E-state index in [-0.39, 0.29) is 0 Å². The van der Waals surface area contributed by atoms with E-state index >= 15 is 0 Å². The molecule has 1 aromatic carbocycles. The summed E-state index contributed by atoms with van der Waals surface area (Å²) in [5.41, 5.74) is 2.56. The number of methoxy groups -OCH3 is 1. The van der Waals surface area contributed by atoms with Crippen LogP contribution in [-0.2, 0) is 0 Å². The van der Waals surface area contributed by atoms with Crippen molar-refractivity contribution in [2.24, 2.45) is 0 Å². The Morgan fingerprint density at radius 3 is 3.00 bits per heavy atom. The Bertz CT molecular complexity index is 512. The van der Waals surface area contributed by atoms with Gasteiger partial charge in [-0.15, -0.1) is 0 Å². The second-order valence-corrected chi connectivity index (χ2v) is 4.66. The fourth-order valence-electron chi connectivity index (χ4n) is 2.65. The van der Waals surface area contributed by atoms with Gasteiger partial charge in [-0.2, -0.15) is 0 Å². The minimum absolute atomic E-state index is 0.490. The fourth-order valence-corrected chi connectivity index (χ4v) is 2.65. The molecule has 1 aromatic heterocycles. The molecule has 17 heavy (non-hydrogen) atoms. The van der Waals surface area contributed by atoms with E-state index in [4.69, 9.17) is 4.74 Å². The zero-order valence-corrected chi connectivity index (χ0v) is 10.1. The molecule has 2 aromatic rings. The van der Waals surface area contributed by atoms with Gasteiger partial charge in [0.2, 0.25) is 0 Å². The average Bonchev–Trinajstić information content (AvgIpc) is 2.82. The largest absolute Gasteiger partial charge is 0.497 e. The summed E-state index contributed by atoms with van der Waals surface area (Å²) >= 11 is 0. The maximum atomic E-state index is 5.30. The molecule has 0 radical (unpaired) electrons. The minimum Gasteiger partial charge on any atom is -0.497 e. The van der Waals surface area contributed by atoms with Crippen LogP contribution in [-0.4, -0.2) is 18.6 Å². The highest BCUT2D eigenvalue weighted by atomic mass is 16.5. The van der Waals surface area contributed by atoms with E-state index in [1.165, 1.54) is 35.7 Å². The summed E-state index contributed by atoms with van der Waals surface area (Å²) in [4.78, 5) is 3.34. The van der Waals surface area contributed by atoms with Crippen molar-refractivity contribution in [2.45, 2.75) is 25.3 Å². The lowest BCUT2D eigenvalue weighted by molar-refractivity contribution is 0.412. The monoisotopic (exact) mass is 230 g/mol. The van der Waals surface area contributed by atoms with Gasteiger partial charge in [-0.25, -0.2) is 0 Å². The van der Waals surface area contributed by atoms with Crippen LogP contribution in [0.1, 0.15) is 30.9 Å². The molecule has 0 aliphatic carbocycles. The summed E-state index contributed by atoms with van der Waals surface area (Å²) < 4.78 is 5.30. The number of aromatic amines is 1. The van der Waals surface area contributed by atoms with Crippen molar-refractivity contribution in [2.75, 3.05) is 13.7 Å². The van der Waals surface area contributed by atoms with Crippen LogP contribution in [0.25, 0.3) is 10.9 Å². The molecule has 0 saturated carbocycles. The first-order valence-electron chi connectivity index (χ1n) is 6.27. The van der Waals surface area contributed by atoms with Gasteiger partial charge in [-0.3, -0.25) is 0 Å². The highest BCUT2D eigenvalue weighted by Gasteiger charge is 2.18. The van der Waals surface area contributed by atoms with E-state index in [0.717, 1.165) is 12.3 Å². The molecule has 2 N–H and O–H groups in total. The molecule has 0 bridgehead atoms. The van der Waals surface area contributed by atoms with Gasteiger partial charge in [0, 0.05) is 23.1 Å². The number of hydrogen-bond acceptors (Lipinski definition) is 2. The average molecular weight is 230 g/mol. The Morgan fingerprint density at radius 2 is 2.24 bits per heavy atom. The summed E-state index contributed by atoms with van der Waals surface area (Å²) in [7, 11) is 1.71. The molecule has 0 spiro atoms. The van der Waals surface area contributed by atoms with E-state index in [0.29, 0.717) is 6.04 Å². The lowest BCUT2D eigenvalue weighted by atomic mass is 9.97. The van der Waals surface area contributed by atoms with E-state index in [1.54, 1.807) is 7.11 Å².